The molecule has 0 aliphatic rings. The van der Waals surface area contributed by atoms with Gasteiger partial charge in [0, 0.05) is 17.2 Å². The van der Waals surface area contributed by atoms with E-state index in [0.717, 1.165) is 6.42 Å². The highest BCUT2D eigenvalue weighted by atomic mass is 16.5. The van der Waals surface area contributed by atoms with Gasteiger partial charge >= 0.3 is 12.0 Å². The van der Waals surface area contributed by atoms with E-state index in [4.69, 9.17) is 9.47 Å². The van der Waals surface area contributed by atoms with Crippen molar-refractivity contribution in [2.75, 3.05) is 13.7 Å². The van der Waals surface area contributed by atoms with Crippen molar-refractivity contribution in [2.24, 2.45) is 0 Å². The van der Waals surface area contributed by atoms with Gasteiger partial charge in [0.1, 0.15) is 5.75 Å². The largest absolute Gasteiger partial charge is 0.496 e. The topological polar surface area (TPSA) is 111 Å². The van der Waals surface area contributed by atoms with Crippen LogP contribution in [0.25, 0.3) is 0 Å². The number of Topliss-reactive ketones (excluding diaryl/α,β-unsaturated/α-hetero) is 1. The first kappa shape index (κ1) is 21.1. The van der Waals surface area contributed by atoms with Crippen LogP contribution in [0.5, 0.6) is 5.75 Å². The number of carbonyl (C=O) groups is 4. The van der Waals surface area contributed by atoms with E-state index >= 15 is 0 Å². The van der Waals surface area contributed by atoms with Crippen LogP contribution >= 0.6 is 0 Å². The van der Waals surface area contributed by atoms with Crippen LogP contribution < -0.4 is 15.4 Å². The second-order valence-electron chi connectivity index (χ2n) is 5.75. The van der Waals surface area contributed by atoms with E-state index in [0.29, 0.717) is 16.9 Å². The number of imide groups is 1. The van der Waals surface area contributed by atoms with Crippen LogP contribution in [0.2, 0.25) is 0 Å². The molecule has 8 heteroatoms. The molecule has 0 fully saturated rings. The molecular formula is C18H24N2O6. The van der Waals surface area contributed by atoms with Crippen LogP contribution in [0.3, 0.4) is 0 Å². The van der Waals surface area contributed by atoms with E-state index in [-0.39, 0.29) is 18.2 Å². The van der Waals surface area contributed by atoms with Crippen molar-refractivity contribution in [1.82, 2.24) is 10.6 Å². The smallest absolute Gasteiger partial charge is 0.321 e. The summed E-state index contributed by atoms with van der Waals surface area (Å²) in [6, 6.07) is 4.01. The molecule has 1 rings (SSSR count). The molecule has 0 saturated carbocycles. The number of urea groups is 1. The molecule has 1 aromatic rings. The molecule has 0 unspecified atom stereocenters. The molecule has 3 amide bonds. The lowest BCUT2D eigenvalue weighted by Crippen LogP contribution is -2.44. The van der Waals surface area contributed by atoms with E-state index in [9.17, 15) is 19.2 Å². The van der Waals surface area contributed by atoms with E-state index in [2.05, 4.69) is 10.6 Å². The number of ether oxygens (including phenoxy) is 2. The SMILES string of the molecule is CC[C@@H](C)NC(=O)NC(=O)COC(=O)Cc1cc(C(C)=O)ccc1OC. The van der Waals surface area contributed by atoms with Crippen LogP contribution in [0.15, 0.2) is 18.2 Å². The summed E-state index contributed by atoms with van der Waals surface area (Å²) in [5, 5.41) is 4.64. The number of benzene rings is 1. The van der Waals surface area contributed by atoms with Gasteiger partial charge < -0.3 is 14.8 Å². The van der Waals surface area contributed by atoms with Gasteiger partial charge in [-0.05, 0) is 38.5 Å². The molecule has 0 saturated heterocycles. The molecule has 0 radical (unpaired) electrons. The van der Waals surface area contributed by atoms with Crippen LogP contribution in [0.4, 0.5) is 4.79 Å². The summed E-state index contributed by atoms with van der Waals surface area (Å²) >= 11 is 0. The minimum Gasteiger partial charge on any atom is -0.496 e. The van der Waals surface area contributed by atoms with Crippen molar-refractivity contribution in [3.05, 3.63) is 29.3 Å². The third-order valence-electron chi connectivity index (χ3n) is 3.63. The van der Waals surface area contributed by atoms with Gasteiger partial charge in [-0.15, -0.1) is 0 Å². The third kappa shape index (κ3) is 6.92. The zero-order valence-corrected chi connectivity index (χ0v) is 15.4. The monoisotopic (exact) mass is 364 g/mol. The van der Waals surface area contributed by atoms with Crippen molar-refractivity contribution in [1.29, 1.82) is 0 Å². The van der Waals surface area contributed by atoms with Crippen LogP contribution in [0.1, 0.15) is 43.1 Å². The van der Waals surface area contributed by atoms with Gasteiger partial charge in [0.2, 0.25) is 0 Å². The highest BCUT2D eigenvalue weighted by Gasteiger charge is 2.15. The quantitative estimate of drug-likeness (QED) is 0.535. The molecule has 1 atom stereocenters. The van der Waals surface area contributed by atoms with Gasteiger partial charge in [0.25, 0.3) is 5.91 Å². The van der Waals surface area contributed by atoms with Crippen LogP contribution in [-0.4, -0.2) is 43.4 Å². The van der Waals surface area contributed by atoms with Crippen molar-refractivity contribution in [3.8, 4) is 5.75 Å². The highest BCUT2D eigenvalue weighted by molar-refractivity contribution is 5.96. The lowest BCUT2D eigenvalue weighted by Gasteiger charge is -2.12. The second-order valence-corrected chi connectivity index (χ2v) is 5.75. The van der Waals surface area contributed by atoms with Gasteiger partial charge in [-0.3, -0.25) is 19.7 Å². The number of rotatable bonds is 8. The molecule has 142 valence electrons. The molecule has 26 heavy (non-hydrogen) atoms. The Labute approximate surface area is 152 Å². The average molecular weight is 364 g/mol. The normalized spacial score (nSPS) is 11.2. The van der Waals surface area contributed by atoms with E-state index < -0.39 is 24.5 Å². The van der Waals surface area contributed by atoms with E-state index in [1.807, 2.05) is 6.92 Å². The first-order chi connectivity index (χ1) is 12.3. The van der Waals surface area contributed by atoms with Gasteiger partial charge in [0.05, 0.1) is 13.5 Å². The van der Waals surface area contributed by atoms with E-state index in [1.54, 1.807) is 25.1 Å². The predicted molar refractivity (Wildman–Crippen MR) is 94.1 cm³/mol. The third-order valence-corrected chi connectivity index (χ3v) is 3.63. The summed E-state index contributed by atoms with van der Waals surface area (Å²) < 4.78 is 10.0. The molecule has 0 spiro atoms. The molecule has 0 aliphatic heterocycles. The van der Waals surface area contributed by atoms with Crippen molar-refractivity contribution >= 4 is 23.7 Å². The lowest BCUT2D eigenvalue weighted by atomic mass is 10.0. The average Bonchev–Trinajstić information content (AvgIpc) is 2.59. The number of methoxy groups -OCH3 is 1. The van der Waals surface area contributed by atoms with Gasteiger partial charge in [-0.25, -0.2) is 4.79 Å². The minimum atomic E-state index is -0.733. The number of amides is 3. The predicted octanol–water partition coefficient (Wildman–Crippen LogP) is 1.61. The maximum Gasteiger partial charge on any atom is 0.321 e. The summed E-state index contributed by atoms with van der Waals surface area (Å²) in [7, 11) is 1.45. The summed E-state index contributed by atoms with van der Waals surface area (Å²) in [6.45, 7) is 4.52. The lowest BCUT2D eigenvalue weighted by molar-refractivity contribution is -0.147. The number of hydrogen-bond donors (Lipinski definition) is 2. The Balaban J connectivity index is 2.56. The van der Waals surface area contributed by atoms with Gasteiger partial charge in [-0.2, -0.15) is 0 Å². The Kier molecular flexibility index (Phi) is 8.27. The van der Waals surface area contributed by atoms with Crippen LogP contribution in [0, 0.1) is 0 Å². The fourth-order valence-electron chi connectivity index (χ4n) is 2.01. The van der Waals surface area contributed by atoms with E-state index in [1.165, 1.54) is 14.0 Å². The number of esters is 1. The Morgan fingerprint density at radius 1 is 1.19 bits per heavy atom. The summed E-state index contributed by atoms with van der Waals surface area (Å²) in [6.07, 6.45) is 0.550. The number of carbonyl (C=O) groups excluding carboxylic acids is 4. The Hall–Kier alpha value is -2.90. The van der Waals surface area contributed by atoms with Gasteiger partial charge in [-0.1, -0.05) is 6.92 Å². The van der Waals surface area contributed by atoms with Crippen LogP contribution in [-0.2, 0) is 20.7 Å². The summed E-state index contributed by atoms with van der Waals surface area (Å²) in [4.78, 5) is 46.5. The molecule has 2 N–H and O–H groups in total. The molecular weight excluding hydrogens is 340 g/mol. The molecule has 0 bridgehead atoms. The second kappa shape index (κ2) is 10.2. The summed E-state index contributed by atoms with van der Waals surface area (Å²) in [5.74, 6) is -1.12. The molecule has 0 heterocycles. The fourth-order valence-corrected chi connectivity index (χ4v) is 2.01. The van der Waals surface area contributed by atoms with Gasteiger partial charge in [0.15, 0.2) is 12.4 Å². The first-order valence-corrected chi connectivity index (χ1v) is 8.20. The molecule has 0 aromatic heterocycles. The van der Waals surface area contributed by atoms with Crippen molar-refractivity contribution in [2.45, 2.75) is 39.7 Å². The van der Waals surface area contributed by atoms with Crippen molar-refractivity contribution in [3.63, 3.8) is 0 Å². The molecule has 0 aliphatic carbocycles. The standard InChI is InChI=1S/C18H24N2O6/c1-5-11(2)19-18(24)20-16(22)10-26-17(23)9-14-8-13(12(3)21)6-7-15(14)25-4/h6-8,11H,5,9-10H2,1-4H3,(H2,19,20,22,24)/t11-/m1/s1. The first-order valence-electron chi connectivity index (χ1n) is 8.20. The Bertz CT molecular complexity index is 686. The van der Waals surface area contributed by atoms with Crippen molar-refractivity contribution < 1.29 is 28.7 Å². The Morgan fingerprint density at radius 2 is 1.88 bits per heavy atom. The zero-order valence-electron chi connectivity index (χ0n) is 15.4. The number of hydrogen-bond acceptors (Lipinski definition) is 6. The number of nitrogens with one attached hydrogen (secondary N) is 2. The minimum absolute atomic E-state index is 0.0774. The maximum absolute atomic E-state index is 11.9. The number of ketones is 1. The summed E-state index contributed by atoms with van der Waals surface area (Å²) in [5.41, 5.74) is 0.910. The molecule has 1 aromatic carbocycles. The Morgan fingerprint density at radius 3 is 2.46 bits per heavy atom. The zero-order chi connectivity index (χ0) is 19.7. The highest BCUT2D eigenvalue weighted by Crippen LogP contribution is 2.21. The molecule has 8 nitrogen and oxygen atoms in total. The fraction of sp³-hybridized carbons (Fsp3) is 0.444. The maximum atomic E-state index is 11.9.